The Kier molecular flexibility index (Phi) is 2.33. The fraction of sp³-hybridized carbons (Fsp3) is 0.182. The average molecular weight is 202 g/mol. The van der Waals surface area contributed by atoms with Crippen molar-refractivity contribution in [3.8, 4) is 11.1 Å². The number of aromatic amines is 1. The highest BCUT2D eigenvalue weighted by atomic mass is 15.1. The summed E-state index contributed by atoms with van der Waals surface area (Å²) in [6.07, 6.45) is 1.74. The molecule has 0 fully saturated rings. The lowest BCUT2D eigenvalue weighted by Crippen LogP contribution is -2.07. The Morgan fingerprint density at radius 2 is 1.87 bits per heavy atom. The van der Waals surface area contributed by atoms with Crippen LogP contribution in [0.2, 0.25) is 0 Å². The Bertz CT molecular complexity index is 442. The van der Waals surface area contributed by atoms with E-state index in [1.807, 2.05) is 26.2 Å². The third-order valence-electron chi connectivity index (χ3n) is 2.36. The first-order valence-electron chi connectivity index (χ1n) is 4.75. The highest BCUT2D eigenvalue weighted by Crippen LogP contribution is 2.25. The van der Waals surface area contributed by atoms with E-state index >= 15 is 0 Å². The van der Waals surface area contributed by atoms with Gasteiger partial charge in [0.05, 0.1) is 6.20 Å². The molecule has 4 heteroatoms. The van der Waals surface area contributed by atoms with Crippen LogP contribution < -0.4 is 10.6 Å². The van der Waals surface area contributed by atoms with E-state index in [1.54, 1.807) is 6.20 Å². The number of hydrogen-bond donors (Lipinski definition) is 2. The summed E-state index contributed by atoms with van der Waals surface area (Å²) in [7, 11) is 4.03. The molecule has 0 radical (unpaired) electrons. The van der Waals surface area contributed by atoms with Crippen LogP contribution in [0.25, 0.3) is 11.1 Å². The second-order valence-electron chi connectivity index (χ2n) is 3.64. The van der Waals surface area contributed by atoms with Crippen molar-refractivity contribution in [3.63, 3.8) is 0 Å². The molecule has 0 aliphatic carbocycles. The maximum atomic E-state index is 5.74. The Morgan fingerprint density at radius 3 is 2.33 bits per heavy atom. The van der Waals surface area contributed by atoms with Crippen LogP contribution in [0.4, 0.5) is 11.5 Å². The third-order valence-corrected chi connectivity index (χ3v) is 2.36. The molecule has 2 rings (SSSR count). The van der Waals surface area contributed by atoms with E-state index in [4.69, 9.17) is 5.73 Å². The molecule has 0 spiro atoms. The molecule has 0 aliphatic rings. The number of hydrogen-bond acceptors (Lipinski definition) is 3. The number of nitrogens with one attached hydrogen (secondary N) is 1. The molecule has 3 N–H and O–H groups in total. The molecule has 0 saturated heterocycles. The van der Waals surface area contributed by atoms with Crippen LogP contribution in [0.1, 0.15) is 0 Å². The first-order valence-corrected chi connectivity index (χ1v) is 4.75. The Morgan fingerprint density at radius 1 is 1.20 bits per heavy atom. The summed E-state index contributed by atoms with van der Waals surface area (Å²) in [6, 6.07) is 8.19. The standard InChI is InChI=1S/C11H14N4/c1-15(2)9-5-3-8(4-6-9)10-7-13-14-11(10)12/h3-7H,1-2H3,(H3,12,13,14). The molecule has 4 nitrogen and oxygen atoms in total. The molecular formula is C11H14N4. The van der Waals surface area contributed by atoms with E-state index in [2.05, 4.69) is 27.2 Å². The third kappa shape index (κ3) is 1.79. The maximum Gasteiger partial charge on any atom is 0.126 e. The minimum absolute atomic E-state index is 0.604. The summed E-state index contributed by atoms with van der Waals surface area (Å²) < 4.78 is 0. The van der Waals surface area contributed by atoms with Gasteiger partial charge < -0.3 is 10.6 Å². The molecule has 1 aromatic heterocycles. The summed E-state index contributed by atoms with van der Waals surface area (Å²) >= 11 is 0. The van der Waals surface area contributed by atoms with Crippen molar-refractivity contribution >= 4 is 11.5 Å². The lowest BCUT2D eigenvalue weighted by molar-refractivity contribution is 1.10. The molecule has 1 aromatic carbocycles. The van der Waals surface area contributed by atoms with Gasteiger partial charge in [-0.2, -0.15) is 5.10 Å². The SMILES string of the molecule is CN(C)c1ccc(-c2cn[nH]c2N)cc1. The summed E-state index contributed by atoms with van der Waals surface area (Å²) in [5, 5.41) is 6.62. The van der Waals surface area contributed by atoms with Crippen molar-refractivity contribution in [2.24, 2.45) is 0 Å². The van der Waals surface area contributed by atoms with Gasteiger partial charge in [-0.1, -0.05) is 12.1 Å². The maximum absolute atomic E-state index is 5.74. The number of nitrogens with two attached hydrogens (primary N) is 1. The predicted octanol–water partition coefficient (Wildman–Crippen LogP) is 1.72. The minimum atomic E-state index is 0.604. The molecule has 0 unspecified atom stereocenters. The van der Waals surface area contributed by atoms with Crippen LogP contribution in [0.5, 0.6) is 0 Å². The molecular weight excluding hydrogens is 188 g/mol. The summed E-state index contributed by atoms with van der Waals surface area (Å²) in [6.45, 7) is 0. The van der Waals surface area contributed by atoms with E-state index in [-0.39, 0.29) is 0 Å². The van der Waals surface area contributed by atoms with E-state index in [1.165, 1.54) is 5.69 Å². The lowest BCUT2D eigenvalue weighted by Gasteiger charge is -2.12. The zero-order valence-electron chi connectivity index (χ0n) is 8.86. The smallest absolute Gasteiger partial charge is 0.126 e. The van der Waals surface area contributed by atoms with Crippen LogP contribution in [-0.4, -0.2) is 24.3 Å². The second kappa shape index (κ2) is 3.65. The van der Waals surface area contributed by atoms with Gasteiger partial charge in [0.15, 0.2) is 0 Å². The molecule has 0 atom stereocenters. The second-order valence-corrected chi connectivity index (χ2v) is 3.64. The van der Waals surface area contributed by atoms with Gasteiger partial charge in [-0.05, 0) is 17.7 Å². The predicted molar refractivity (Wildman–Crippen MR) is 62.8 cm³/mol. The van der Waals surface area contributed by atoms with E-state index in [0.29, 0.717) is 5.82 Å². The Balaban J connectivity index is 2.36. The van der Waals surface area contributed by atoms with Crippen molar-refractivity contribution in [3.05, 3.63) is 30.5 Å². The van der Waals surface area contributed by atoms with E-state index < -0.39 is 0 Å². The summed E-state index contributed by atoms with van der Waals surface area (Å²) in [5.41, 5.74) is 8.93. The number of benzene rings is 1. The zero-order chi connectivity index (χ0) is 10.8. The van der Waals surface area contributed by atoms with Crippen LogP contribution >= 0.6 is 0 Å². The Labute approximate surface area is 88.7 Å². The summed E-state index contributed by atoms with van der Waals surface area (Å²) in [5.74, 6) is 0.604. The molecule has 0 amide bonds. The lowest BCUT2D eigenvalue weighted by atomic mass is 10.1. The highest BCUT2D eigenvalue weighted by Gasteiger charge is 2.04. The molecule has 0 bridgehead atoms. The number of nitrogens with zero attached hydrogens (tertiary/aromatic N) is 2. The quantitative estimate of drug-likeness (QED) is 0.779. The fourth-order valence-electron chi connectivity index (χ4n) is 1.47. The monoisotopic (exact) mass is 202 g/mol. The topological polar surface area (TPSA) is 57.9 Å². The molecule has 78 valence electrons. The van der Waals surface area contributed by atoms with Crippen LogP contribution in [-0.2, 0) is 0 Å². The number of anilines is 2. The van der Waals surface area contributed by atoms with Gasteiger partial charge in [0.1, 0.15) is 5.82 Å². The van der Waals surface area contributed by atoms with Gasteiger partial charge in [0.25, 0.3) is 0 Å². The van der Waals surface area contributed by atoms with Crippen molar-refractivity contribution in [1.29, 1.82) is 0 Å². The van der Waals surface area contributed by atoms with Crippen molar-refractivity contribution in [2.45, 2.75) is 0 Å². The van der Waals surface area contributed by atoms with Crippen molar-refractivity contribution in [1.82, 2.24) is 10.2 Å². The number of nitrogen functional groups attached to an aromatic ring is 1. The normalized spacial score (nSPS) is 10.3. The highest BCUT2D eigenvalue weighted by molar-refractivity contribution is 5.74. The molecule has 15 heavy (non-hydrogen) atoms. The van der Waals surface area contributed by atoms with Gasteiger partial charge >= 0.3 is 0 Å². The number of H-pyrrole nitrogens is 1. The first-order chi connectivity index (χ1) is 7.18. The minimum Gasteiger partial charge on any atom is -0.384 e. The molecule has 1 heterocycles. The van der Waals surface area contributed by atoms with Crippen LogP contribution in [0.3, 0.4) is 0 Å². The Hall–Kier alpha value is -1.97. The first kappa shape index (κ1) is 9.58. The van der Waals surface area contributed by atoms with E-state index in [0.717, 1.165) is 11.1 Å². The zero-order valence-corrected chi connectivity index (χ0v) is 8.86. The molecule has 0 saturated carbocycles. The van der Waals surface area contributed by atoms with Gasteiger partial charge in [-0.15, -0.1) is 0 Å². The molecule has 2 aromatic rings. The van der Waals surface area contributed by atoms with Crippen molar-refractivity contribution in [2.75, 3.05) is 24.7 Å². The largest absolute Gasteiger partial charge is 0.384 e. The van der Waals surface area contributed by atoms with E-state index in [9.17, 15) is 0 Å². The molecule has 0 aliphatic heterocycles. The van der Waals surface area contributed by atoms with Gasteiger partial charge in [0, 0.05) is 25.3 Å². The average Bonchev–Trinajstić information content (AvgIpc) is 2.65. The fourth-order valence-corrected chi connectivity index (χ4v) is 1.47. The van der Waals surface area contributed by atoms with Crippen molar-refractivity contribution < 1.29 is 0 Å². The van der Waals surface area contributed by atoms with Gasteiger partial charge in [-0.25, -0.2) is 0 Å². The van der Waals surface area contributed by atoms with Gasteiger partial charge in [0.2, 0.25) is 0 Å². The summed E-state index contributed by atoms with van der Waals surface area (Å²) in [4.78, 5) is 2.06. The number of rotatable bonds is 2. The number of aromatic nitrogens is 2. The van der Waals surface area contributed by atoms with Crippen LogP contribution in [0.15, 0.2) is 30.5 Å². The van der Waals surface area contributed by atoms with Crippen LogP contribution in [0, 0.1) is 0 Å². The van der Waals surface area contributed by atoms with Gasteiger partial charge in [-0.3, -0.25) is 5.10 Å².